The molecule has 3 aromatic rings. The number of nitrogens with one attached hydrogen (secondary N) is 1. The maximum Gasteiger partial charge on any atom is 0.335 e. The van der Waals surface area contributed by atoms with Gasteiger partial charge in [0.15, 0.2) is 0 Å². The number of hydrogen-bond acceptors (Lipinski definition) is 4. The molecule has 1 amide bonds. The summed E-state index contributed by atoms with van der Waals surface area (Å²) in [6.07, 6.45) is 0. The molecule has 1 heterocycles. The maximum absolute atomic E-state index is 13.0. The van der Waals surface area contributed by atoms with Crippen LogP contribution in [0.1, 0.15) is 38.0 Å². The van der Waals surface area contributed by atoms with Crippen LogP contribution >= 0.6 is 23.2 Å². The Morgan fingerprint density at radius 3 is 2.50 bits per heavy atom. The Morgan fingerprint density at radius 2 is 1.93 bits per heavy atom. The van der Waals surface area contributed by atoms with Crippen molar-refractivity contribution < 1.29 is 24.5 Å². The average Bonchev–Trinajstić information content (AvgIpc) is 3.05. The Hall–Kier alpha value is -2.74. The molecule has 158 valence electrons. The van der Waals surface area contributed by atoms with Crippen molar-refractivity contribution >= 4 is 46.0 Å². The van der Waals surface area contributed by atoms with Crippen molar-refractivity contribution in [1.82, 2.24) is 9.88 Å². The lowest BCUT2D eigenvalue weighted by Crippen LogP contribution is -2.32. The van der Waals surface area contributed by atoms with Crippen molar-refractivity contribution in [3.63, 3.8) is 0 Å². The van der Waals surface area contributed by atoms with E-state index < -0.39 is 24.5 Å². The second kappa shape index (κ2) is 8.55. The van der Waals surface area contributed by atoms with Crippen LogP contribution in [0, 0.1) is 6.92 Å². The van der Waals surface area contributed by atoms with Crippen LogP contribution < -0.4 is 10.1 Å². The highest BCUT2D eigenvalue weighted by atomic mass is 35.5. The maximum atomic E-state index is 13.0. The number of amides is 1. The molecule has 0 saturated heterocycles. The molecule has 0 radical (unpaired) electrons. The largest absolute Gasteiger partial charge is 0.496 e. The number of methoxy groups -OCH3 is 1. The minimum atomic E-state index is -1.12. The van der Waals surface area contributed by atoms with Crippen molar-refractivity contribution in [3.8, 4) is 5.75 Å². The Labute approximate surface area is 182 Å². The predicted octanol–water partition coefficient (Wildman–Crippen LogP) is 3.96. The van der Waals surface area contributed by atoms with E-state index in [9.17, 15) is 14.7 Å². The molecule has 9 heteroatoms. The number of rotatable bonds is 6. The van der Waals surface area contributed by atoms with Gasteiger partial charge in [0.25, 0.3) is 5.91 Å². The summed E-state index contributed by atoms with van der Waals surface area (Å²) in [5, 5.41) is 22.9. The normalized spacial score (nSPS) is 12.1. The van der Waals surface area contributed by atoms with Crippen LogP contribution in [0.25, 0.3) is 10.9 Å². The molecule has 0 aliphatic carbocycles. The monoisotopic (exact) mass is 450 g/mol. The molecule has 0 unspecified atom stereocenters. The number of halogens is 2. The van der Waals surface area contributed by atoms with Gasteiger partial charge in [-0.05, 0) is 30.7 Å². The number of carbonyl (C=O) groups excluding carboxylic acids is 1. The van der Waals surface area contributed by atoms with Gasteiger partial charge >= 0.3 is 5.97 Å². The van der Waals surface area contributed by atoms with E-state index in [2.05, 4.69) is 5.32 Å². The summed E-state index contributed by atoms with van der Waals surface area (Å²) < 4.78 is 7.03. The Kier molecular flexibility index (Phi) is 6.26. The van der Waals surface area contributed by atoms with Gasteiger partial charge in [-0.1, -0.05) is 29.3 Å². The lowest BCUT2D eigenvalue weighted by molar-refractivity contribution is 0.0696. The molecule has 1 atom stereocenters. The number of aliphatic hydroxyl groups is 1. The summed E-state index contributed by atoms with van der Waals surface area (Å²) in [6, 6.07) is 6.77. The van der Waals surface area contributed by atoms with Gasteiger partial charge in [0.2, 0.25) is 0 Å². The Morgan fingerprint density at radius 1 is 1.23 bits per heavy atom. The number of fused-ring (bicyclic) bond motifs is 1. The van der Waals surface area contributed by atoms with Gasteiger partial charge in [-0.15, -0.1) is 0 Å². The first kappa shape index (κ1) is 22.0. The van der Waals surface area contributed by atoms with Gasteiger partial charge in [-0.25, -0.2) is 4.79 Å². The van der Waals surface area contributed by atoms with Gasteiger partial charge in [0.05, 0.1) is 35.9 Å². The summed E-state index contributed by atoms with van der Waals surface area (Å²) in [6.45, 7) is 1.41. The highest BCUT2D eigenvalue weighted by molar-refractivity contribution is 6.36. The second-order valence-electron chi connectivity index (χ2n) is 6.79. The number of aromatic carboxylic acids is 1. The lowest BCUT2D eigenvalue weighted by Gasteiger charge is -2.18. The van der Waals surface area contributed by atoms with E-state index in [1.54, 1.807) is 30.9 Å². The number of carboxylic acid groups (broad SMARTS) is 1. The summed E-state index contributed by atoms with van der Waals surface area (Å²) in [5.41, 5.74) is 2.24. The Bertz CT molecular complexity index is 1160. The molecule has 7 nitrogen and oxygen atoms in total. The molecular formula is C21H20Cl2N2O5. The second-order valence-corrected chi connectivity index (χ2v) is 7.57. The van der Waals surface area contributed by atoms with Gasteiger partial charge in [-0.2, -0.15) is 0 Å². The van der Waals surface area contributed by atoms with Crippen LogP contribution in [0.3, 0.4) is 0 Å². The van der Waals surface area contributed by atoms with Crippen molar-refractivity contribution in [2.45, 2.75) is 13.0 Å². The molecule has 0 aliphatic rings. The van der Waals surface area contributed by atoms with Gasteiger partial charge in [-0.3, -0.25) is 4.79 Å². The highest BCUT2D eigenvalue weighted by Gasteiger charge is 2.22. The van der Waals surface area contributed by atoms with E-state index in [1.165, 1.54) is 18.2 Å². The molecule has 30 heavy (non-hydrogen) atoms. The van der Waals surface area contributed by atoms with Crippen LogP contribution in [0.15, 0.2) is 30.3 Å². The van der Waals surface area contributed by atoms with E-state index in [0.717, 1.165) is 11.1 Å². The fourth-order valence-corrected chi connectivity index (χ4v) is 3.89. The third-order valence-electron chi connectivity index (χ3n) is 5.05. The van der Waals surface area contributed by atoms with E-state index in [0.29, 0.717) is 27.4 Å². The van der Waals surface area contributed by atoms with Crippen LogP contribution in [-0.4, -0.2) is 40.4 Å². The van der Waals surface area contributed by atoms with E-state index in [1.807, 2.05) is 6.92 Å². The number of hydrogen-bond donors (Lipinski definition) is 3. The fourth-order valence-electron chi connectivity index (χ4n) is 3.34. The number of ether oxygens (including phenoxy) is 1. The topological polar surface area (TPSA) is 101 Å². The first-order chi connectivity index (χ1) is 14.2. The molecule has 0 aliphatic heterocycles. The van der Waals surface area contributed by atoms with Crippen LogP contribution in [-0.2, 0) is 7.05 Å². The number of nitrogens with zero attached hydrogens (tertiary/aromatic N) is 1. The zero-order valence-corrected chi connectivity index (χ0v) is 18.0. The van der Waals surface area contributed by atoms with E-state index in [4.69, 9.17) is 33.0 Å². The molecule has 2 aromatic carbocycles. The number of aryl methyl sites for hydroxylation is 1. The first-order valence-corrected chi connectivity index (χ1v) is 9.72. The van der Waals surface area contributed by atoms with E-state index in [-0.39, 0.29) is 10.6 Å². The minimum absolute atomic E-state index is 0.0133. The third-order valence-corrected chi connectivity index (χ3v) is 5.86. The summed E-state index contributed by atoms with van der Waals surface area (Å²) in [5.74, 6) is -0.954. The number of carboxylic acids is 1. The molecular weight excluding hydrogens is 431 g/mol. The Balaban J connectivity index is 1.96. The number of aromatic nitrogens is 1. The predicted molar refractivity (Wildman–Crippen MR) is 115 cm³/mol. The van der Waals surface area contributed by atoms with Crippen molar-refractivity contribution in [2.75, 3.05) is 13.7 Å². The quantitative estimate of drug-likeness (QED) is 0.527. The fraction of sp³-hybridized carbons (Fsp3) is 0.238. The molecule has 0 fully saturated rings. The first-order valence-electron chi connectivity index (χ1n) is 8.96. The standard InChI is InChI=1S/C21H20Cl2N2O5/c1-10-18(30-3)8-16-13(19(10)23)7-17(25(16)2)20(27)24-15(9-26)12-5-4-11(21(28)29)6-14(12)22/h4-8,15,26H,9H2,1-3H3,(H,24,27)(H,28,29)/t15-/m1/s1. The van der Waals surface area contributed by atoms with Crippen LogP contribution in [0.5, 0.6) is 5.75 Å². The summed E-state index contributed by atoms with van der Waals surface area (Å²) in [4.78, 5) is 24.0. The number of benzene rings is 2. The number of aliphatic hydroxyl groups excluding tert-OH is 1. The number of carbonyl (C=O) groups is 2. The molecule has 3 N–H and O–H groups in total. The summed E-state index contributed by atoms with van der Waals surface area (Å²) >= 11 is 12.6. The van der Waals surface area contributed by atoms with Gasteiger partial charge in [0.1, 0.15) is 11.4 Å². The lowest BCUT2D eigenvalue weighted by atomic mass is 10.0. The van der Waals surface area contributed by atoms with E-state index >= 15 is 0 Å². The minimum Gasteiger partial charge on any atom is -0.496 e. The smallest absolute Gasteiger partial charge is 0.335 e. The zero-order chi connectivity index (χ0) is 22.2. The highest BCUT2D eigenvalue weighted by Crippen LogP contribution is 2.35. The molecule has 3 rings (SSSR count). The summed E-state index contributed by atoms with van der Waals surface area (Å²) in [7, 11) is 3.28. The van der Waals surface area contributed by atoms with Gasteiger partial charge < -0.3 is 24.8 Å². The molecule has 0 saturated carbocycles. The third kappa shape index (κ3) is 3.84. The molecule has 0 spiro atoms. The van der Waals surface area contributed by atoms with Crippen molar-refractivity contribution in [2.24, 2.45) is 7.05 Å². The zero-order valence-electron chi connectivity index (χ0n) is 16.5. The molecule has 1 aromatic heterocycles. The average molecular weight is 451 g/mol. The van der Waals surface area contributed by atoms with Crippen LogP contribution in [0.2, 0.25) is 10.0 Å². The molecule has 0 bridgehead atoms. The SMILES string of the molecule is COc1cc2c(cc(C(=O)N[C@H](CO)c3ccc(C(=O)O)cc3Cl)n2C)c(Cl)c1C. The van der Waals surface area contributed by atoms with Crippen molar-refractivity contribution in [3.05, 3.63) is 62.8 Å². The van der Waals surface area contributed by atoms with Gasteiger partial charge in [0, 0.05) is 29.1 Å². The van der Waals surface area contributed by atoms with Crippen LogP contribution in [0.4, 0.5) is 0 Å². The van der Waals surface area contributed by atoms with Crippen molar-refractivity contribution in [1.29, 1.82) is 0 Å².